The molecule has 1 heterocycles. The van der Waals surface area contributed by atoms with Gasteiger partial charge in [0.2, 0.25) is 0 Å². The van der Waals surface area contributed by atoms with Crippen LogP contribution in [0.4, 0.5) is 0 Å². The van der Waals surface area contributed by atoms with Gasteiger partial charge in [-0.3, -0.25) is 0 Å². The van der Waals surface area contributed by atoms with E-state index in [2.05, 4.69) is 9.88 Å². The van der Waals surface area contributed by atoms with Crippen LogP contribution in [0.5, 0.6) is 0 Å². The van der Waals surface area contributed by atoms with E-state index in [1.54, 1.807) is 11.3 Å². The molecule has 3 heteroatoms. The van der Waals surface area contributed by atoms with E-state index in [0.29, 0.717) is 0 Å². The molecule has 0 unspecified atom stereocenters. The molecule has 1 aromatic heterocycles. The van der Waals surface area contributed by atoms with Crippen molar-refractivity contribution < 1.29 is 5.11 Å². The molecule has 0 aromatic carbocycles. The molecule has 0 amide bonds. The van der Waals surface area contributed by atoms with Crippen molar-refractivity contribution in [3.05, 3.63) is 22.4 Å². The first-order chi connectivity index (χ1) is 5.70. The summed E-state index contributed by atoms with van der Waals surface area (Å²) in [5, 5.41) is 11.7. The first-order valence-corrected chi connectivity index (χ1v) is 14.2. The molecular formula is C9H16OSSn. The van der Waals surface area contributed by atoms with Gasteiger partial charge >= 0.3 is 85.4 Å². The van der Waals surface area contributed by atoms with E-state index in [9.17, 15) is 5.11 Å². The maximum absolute atomic E-state index is 9.70. The standard InChI is InChI=1S/C7H9OS.2CH3.Sn.H/c1-2-6(8)7-4-3-5-9-7;;;;/h3-6,8H,1-2H2;2*1H3;;/t6-;;;;/m0..../s1. The second-order valence-electron chi connectivity index (χ2n) is 3.50. The molecule has 0 aliphatic rings. The summed E-state index contributed by atoms with van der Waals surface area (Å²) in [7, 11) is 0. The van der Waals surface area contributed by atoms with E-state index in [4.69, 9.17) is 0 Å². The predicted octanol–water partition coefficient (Wildman–Crippen LogP) is 2.66. The first kappa shape index (κ1) is 10.5. The second kappa shape index (κ2) is 5.24. The third kappa shape index (κ3) is 3.45. The van der Waals surface area contributed by atoms with Crippen molar-refractivity contribution in [1.82, 2.24) is 0 Å². The van der Waals surface area contributed by atoms with Gasteiger partial charge in [0.15, 0.2) is 0 Å². The van der Waals surface area contributed by atoms with Crippen molar-refractivity contribution >= 4 is 31.1 Å². The number of aliphatic hydroxyl groups excluding tert-OH is 1. The summed E-state index contributed by atoms with van der Waals surface area (Å²) >= 11 is 0.572. The van der Waals surface area contributed by atoms with Gasteiger partial charge in [-0.05, 0) is 0 Å². The quantitative estimate of drug-likeness (QED) is 0.846. The van der Waals surface area contributed by atoms with E-state index in [0.717, 1.165) is 11.3 Å². The predicted molar refractivity (Wildman–Crippen MR) is 57.6 cm³/mol. The van der Waals surface area contributed by atoms with Crippen LogP contribution < -0.4 is 0 Å². The molecule has 0 fully saturated rings. The number of hydrogen-bond donors (Lipinski definition) is 1. The third-order valence-electron chi connectivity index (χ3n) is 1.89. The van der Waals surface area contributed by atoms with Gasteiger partial charge in [0.25, 0.3) is 0 Å². The number of thiophene rings is 1. The van der Waals surface area contributed by atoms with E-state index < -0.39 is 19.8 Å². The van der Waals surface area contributed by atoms with Crippen LogP contribution in [0, 0.1) is 0 Å². The minimum atomic E-state index is -1.08. The second-order valence-corrected chi connectivity index (χ2v) is 14.1. The van der Waals surface area contributed by atoms with E-state index in [1.807, 2.05) is 17.5 Å². The molecule has 0 aliphatic heterocycles. The van der Waals surface area contributed by atoms with Crippen LogP contribution >= 0.6 is 11.3 Å². The topological polar surface area (TPSA) is 20.2 Å². The molecule has 1 N–H and O–H groups in total. The van der Waals surface area contributed by atoms with Crippen LogP contribution in [0.25, 0.3) is 0 Å². The fraction of sp³-hybridized carbons (Fsp3) is 0.556. The molecular weight excluding hydrogens is 275 g/mol. The Morgan fingerprint density at radius 3 is 2.83 bits per heavy atom. The zero-order valence-electron chi connectivity index (χ0n) is 7.66. The van der Waals surface area contributed by atoms with Gasteiger partial charge in [-0.2, -0.15) is 0 Å². The summed E-state index contributed by atoms with van der Waals surface area (Å²) < 4.78 is 1.31. The van der Waals surface area contributed by atoms with Crippen molar-refractivity contribution in [3.63, 3.8) is 0 Å². The van der Waals surface area contributed by atoms with Crippen molar-refractivity contribution in [1.29, 1.82) is 0 Å². The Balaban J connectivity index is 2.34. The fourth-order valence-corrected chi connectivity index (χ4v) is 4.66. The third-order valence-corrected chi connectivity index (χ3v) is 7.11. The van der Waals surface area contributed by atoms with Crippen LogP contribution in [0.3, 0.4) is 0 Å². The summed E-state index contributed by atoms with van der Waals surface area (Å²) in [6.45, 7) is 0. The van der Waals surface area contributed by atoms with Crippen molar-refractivity contribution in [2.24, 2.45) is 0 Å². The molecule has 1 aromatic rings. The van der Waals surface area contributed by atoms with Crippen LogP contribution in [-0.2, 0) is 0 Å². The Hall–Kier alpha value is 0.459. The summed E-state index contributed by atoms with van der Waals surface area (Å²) in [5.41, 5.74) is 0. The summed E-state index contributed by atoms with van der Waals surface area (Å²) in [6.07, 6.45) is 0.790. The van der Waals surface area contributed by atoms with Crippen LogP contribution in [0.15, 0.2) is 17.5 Å². The van der Waals surface area contributed by atoms with Gasteiger partial charge in [0, 0.05) is 0 Å². The van der Waals surface area contributed by atoms with E-state index in [-0.39, 0.29) is 6.10 Å². The Labute approximate surface area is 85.2 Å². The molecule has 12 heavy (non-hydrogen) atoms. The molecule has 68 valence electrons. The van der Waals surface area contributed by atoms with Crippen molar-refractivity contribution in [3.8, 4) is 0 Å². The van der Waals surface area contributed by atoms with Crippen molar-refractivity contribution in [2.75, 3.05) is 0 Å². The number of rotatable bonds is 4. The summed E-state index contributed by atoms with van der Waals surface area (Å²) in [4.78, 5) is 5.91. The van der Waals surface area contributed by atoms with Gasteiger partial charge in [0.1, 0.15) is 0 Å². The van der Waals surface area contributed by atoms with E-state index >= 15 is 0 Å². The molecule has 0 saturated carbocycles. The van der Waals surface area contributed by atoms with E-state index in [1.165, 1.54) is 4.44 Å². The molecule has 0 saturated heterocycles. The molecule has 1 atom stereocenters. The SMILES string of the molecule is [CH3][SnH]([CH3])[CH2]C[C@H](O)c1cccs1. The summed E-state index contributed by atoms with van der Waals surface area (Å²) in [5.74, 6) is 0. The number of aliphatic hydroxyl groups is 1. The van der Waals surface area contributed by atoms with Gasteiger partial charge in [-0.25, -0.2) is 0 Å². The maximum atomic E-state index is 9.70. The molecule has 1 nitrogen and oxygen atoms in total. The molecule has 0 spiro atoms. The molecule has 0 bridgehead atoms. The van der Waals surface area contributed by atoms with Gasteiger partial charge in [-0.1, -0.05) is 0 Å². The fourth-order valence-electron chi connectivity index (χ4n) is 1.11. The average Bonchev–Trinajstić information content (AvgIpc) is 2.51. The first-order valence-electron chi connectivity index (χ1n) is 4.41. The van der Waals surface area contributed by atoms with Gasteiger partial charge in [0.05, 0.1) is 0 Å². The van der Waals surface area contributed by atoms with Crippen molar-refractivity contribution in [2.45, 2.75) is 26.8 Å². The van der Waals surface area contributed by atoms with Crippen LogP contribution in [-0.4, -0.2) is 24.9 Å². The molecule has 0 radical (unpaired) electrons. The normalized spacial score (nSPS) is 13.7. The van der Waals surface area contributed by atoms with Gasteiger partial charge in [-0.15, -0.1) is 0 Å². The number of hydrogen-bond acceptors (Lipinski definition) is 2. The Morgan fingerprint density at radius 1 is 1.58 bits per heavy atom. The summed E-state index contributed by atoms with van der Waals surface area (Å²) in [6, 6.07) is 4.02. The Morgan fingerprint density at radius 2 is 2.33 bits per heavy atom. The minimum absolute atomic E-state index is 0.191. The Bertz CT molecular complexity index is 208. The molecule has 1 rings (SSSR count). The zero-order valence-corrected chi connectivity index (χ0v) is 11.8. The molecule has 0 aliphatic carbocycles. The monoisotopic (exact) mass is 292 g/mol. The van der Waals surface area contributed by atoms with Crippen LogP contribution in [0.2, 0.25) is 14.3 Å². The van der Waals surface area contributed by atoms with Crippen LogP contribution in [0.1, 0.15) is 17.4 Å². The zero-order chi connectivity index (χ0) is 8.97. The van der Waals surface area contributed by atoms with Gasteiger partial charge < -0.3 is 0 Å². The Kier molecular flexibility index (Phi) is 4.61. The average molecular weight is 291 g/mol.